The molecule has 0 N–H and O–H groups in total. The summed E-state index contributed by atoms with van der Waals surface area (Å²) >= 11 is 0. The fraction of sp³-hybridized carbons (Fsp3) is 0.116. The van der Waals surface area contributed by atoms with Crippen molar-refractivity contribution in [3.05, 3.63) is 149 Å². The number of hydrogen-bond donors (Lipinski definition) is 0. The summed E-state index contributed by atoms with van der Waals surface area (Å²) in [5, 5.41) is 2.53. The van der Waals surface area contributed by atoms with Gasteiger partial charge in [0, 0.05) is 36.2 Å². The topological polar surface area (TPSA) is 65.6 Å². The minimum atomic E-state index is -0.180. The summed E-state index contributed by atoms with van der Waals surface area (Å²) in [4.78, 5) is 27.8. The molecule has 0 spiro atoms. The zero-order chi connectivity index (χ0) is 33.4. The first-order valence-corrected chi connectivity index (χ1v) is 16.5. The fourth-order valence-corrected chi connectivity index (χ4v) is 7.52. The number of nitrogens with zero attached hydrogens (tertiary/aromatic N) is 5. The van der Waals surface area contributed by atoms with Gasteiger partial charge in [-0.25, -0.2) is 19.7 Å². The molecule has 0 amide bonds. The molecule has 0 fully saturated rings. The van der Waals surface area contributed by atoms with Gasteiger partial charge in [-0.1, -0.05) is 117 Å². The third kappa shape index (κ3) is 4.48. The van der Waals surface area contributed by atoms with E-state index in [4.69, 9.17) is 15.0 Å². The molecule has 6 nitrogen and oxygen atoms in total. The lowest BCUT2D eigenvalue weighted by Crippen LogP contribution is -2.19. The molecule has 1 aliphatic carbocycles. The Bertz CT molecular complexity index is 2680. The smallest absolute Gasteiger partial charge is 0.295 e. The molecule has 8 aromatic rings. The highest BCUT2D eigenvalue weighted by atomic mass is 16.1. The van der Waals surface area contributed by atoms with E-state index in [1.165, 1.54) is 33.0 Å². The maximum absolute atomic E-state index is 12.6. The van der Waals surface area contributed by atoms with Crippen LogP contribution < -0.4 is 5.69 Å². The number of fused-ring (bicyclic) bond motifs is 6. The highest BCUT2D eigenvalue weighted by Crippen LogP contribution is 2.52. The number of rotatable bonds is 4. The summed E-state index contributed by atoms with van der Waals surface area (Å²) in [5.41, 5.74) is 11.6. The molecule has 0 unspecified atom stereocenters. The van der Waals surface area contributed by atoms with E-state index in [9.17, 15) is 4.79 Å². The van der Waals surface area contributed by atoms with Crippen LogP contribution in [0.15, 0.2) is 132 Å². The van der Waals surface area contributed by atoms with Crippen LogP contribution in [0.1, 0.15) is 25.0 Å². The van der Waals surface area contributed by atoms with Crippen molar-refractivity contribution in [3.8, 4) is 56.4 Å². The molecule has 6 aromatic carbocycles. The van der Waals surface area contributed by atoms with Gasteiger partial charge in [-0.15, -0.1) is 0 Å². The molecule has 0 aliphatic heterocycles. The Hall–Kier alpha value is -6.14. The van der Waals surface area contributed by atoms with Crippen molar-refractivity contribution in [2.45, 2.75) is 19.3 Å². The van der Waals surface area contributed by atoms with Crippen LogP contribution in [0.25, 0.3) is 78.2 Å². The summed E-state index contributed by atoms with van der Waals surface area (Å²) in [6.07, 6.45) is 0. The van der Waals surface area contributed by atoms with Crippen molar-refractivity contribution in [3.63, 3.8) is 0 Å². The highest BCUT2D eigenvalue weighted by Gasteiger charge is 2.36. The van der Waals surface area contributed by atoms with Crippen LogP contribution in [0.5, 0.6) is 0 Å². The maximum Gasteiger partial charge on any atom is 0.328 e. The van der Waals surface area contributed by atoms with E-state index in [1.54, 1.807) is 16.2 Å². The Balaban J connectivity index is 1.19. The van der Waals surface area contributed by atoms with E-state index < -0.39 is 0 Å². The molecule has 2 aromatic heterocycles. The minimum Gasteiger partial charge on any atom is -0.295 e. The van der Waals surface area contributed by atoms with Gasteiger partial charge in [-0.05, 0) is 68.4 Å². The lowest BCUT2D eigenvalue weighted by Gasteiger charge is -2.22. The Labute approximate surface area is 284 Å². The van der Waals surface area contributed by atoms with Crippen LogP contribution in [0, 0.1) is 0 Å². The van der Waals surface area contributed by atoms with E-state index in [2.05, 4.69) is 92.7 Å². The average Bonchev–Trinajstić information content (AvgIpc) is 3.52. The van der Waals surface area contributed by atoms with Crippen LogP contribution >= 0.6 is 0 Å². The molecule has 236 valence electrons. The summed E-state index contributed by atoms with van der Waals surface area (Å²) < 4.78 is 3.36. The normalized spacial score (nSPS) is 13.1. The van der Waals surface area contributed by atoms with Gasteiger partial charge in [0.05, 0.1) is 11.0 Å². The summed E-state index contributed by atoms with van der Waals surface area (Å²) in [6, 6.07) is 44.3. The molecule has 9 rings (SSSR count). The second-order valence-electron chi connectivity index (χ2n) is 13.5. The molecule has 0 radical (unpaired) electrons. The van der Waals surface area contributed by atoms with Crippen molar-refractivity contribution < 1.29 is 0 Å². The second-order valence-corrected chi connectivity index (χ2v) is 13.5. The van der Waals surface area contributed by atoms with Gasteiger partial charge in [-0.2, -0.15) is 0 Å². The van der Waals surface area contributed by atoms with E-state index in [0.29, 0.717) is 17.5 Å². The van der Waals surface area contributed by atoms with Crippen LogP contribution in [0.4, 0.5) is 0 Å². The van der Waals surface area contributed by atoms with Gasteiger partial charge in [0.2, 0.25) is 0 Å². The van der Waals surface area contributed by atoms with E-state index >= 15 is 0 Å². The first-order valence-electron chi connectivity index (χ1n) is 16.5. The summed E-state index contributed by atoms with van der Waals surface area (Å²) in [7, 11) is 3.61. The molecule has 0 saturated heterocycles. The first-order chi connectivity index (χ1) is 23.8. The van der Waals surface area contributed by atoms with E-state index in [-0.39, 0.29) is 11.1 Å². The van der Waals surface area contributed by atoms with Crippen LogP contribution in [0.3, 0.4) is 0 Å². The third-order valence-electron chi connectivity index (χ3n) is 10.2. The number of aryl methyl sites for hydroxylation is 2. The SMILES string of the molecule is Cn1c(=O)n(C)c2cc(-c3cccc(-c4nc(-c5ccccc5)nc(-c5ccc6c(c5)C(C)(C)c5ccc7ccccc7c5-6)n4)c3)ccc21. The lowest BCUT2D eigenvalue weighted by molar-refractivity contribution is 0.661. The molecule has 0 saturated carbocycles. The van der Waals surface area contributed by atoms with Gasteiger partial charge in [0.15, 0.2) is 17.5 Å². The summed E-state index contributed by atoms with van der Waals surface area (Å²) in [5.74, 6) is 1.86. The fourth-order valence-electron chi connectivity index (χ4n) is 7.52. The monoisotopic (exact) mass is 635 g/mol. The van der Waals surface area contributed by atoms with Crippen molar-refractivity contribution >= 4 is 21.8 Å². The molecule has 49 heavy (non-hydrogen) atoms. The zero-order valence-electron chi connectivity index (χ0n) is 27.8. The molecule has 0 bridgehead atoms. The molecule has 2 heterocycles. The van der Waals surface area contributed by atoms with Gasteiger partial charge >= 0.3 is 5.69 Å². The number of hydrogen-bond acceptors (Lipinski definition) is 4. The largest absolute Gasteiger partial charge is 0.328 e. The lowest BCUT2D eigenvalue weighted by atomic mass is 9.81. The van der Waals surface area contributed by atoms with Crippen molar-refractivity contribution in [2.24, 2.45) is 14.1 Å². The predicted octanol–water partition coefficient (Wildman–Crippen LogP) is 9.19. The molecule has 0 atom stereocenters. The maximum atomic E-state index is 12.6. The van der Waals surface area contributed by atoms with Crippen LogP contribution in [-0.2, 0) is 19.5 Å². The second kappa shape index (κ2) is 10.7. The first kappa shape index (κ1) is 29.0. The van der Waals surface area contributed by atoms with Gasteiger partial charge in [0.25, 0.3) is 0 Å². The number of imidazole rings is 1. The Morgan fingerprint density at radius 3 is 1.92 bits per heavy atom. The quantitative estimate of drug-likeness (QED) is 0.193. The van der Waals surface area contributed by atoms with E-state index in [1.807, 2.05) is 55.6 Å². The Morgan fingerprint density at radius 2 is 1.12 bits per heavy atom. The molecular formula is C43H33N5O. The van der Waals surface area contributed by atoms with Crippen molar-refractivity contribution in [1.82, 2.24) is 24.1 Å². The predicted molar refractivity (Wildman–Crippen MR) is 198 cm³/mol. The standard InChI is InChI=1S/C43H33N5O/c1-43(2)34-21-18-26-11-8-9-16-32(26)38(34)33-20-17-31(24-35(33)43)41-45-39(27-12-6-5-7-13-27)44-40(46-41)30-15-10-14-28(23-30)29-19-22-36-37(25-29)48(4)42(49)47(36)3/h5-25H,1-4H3. The molecular weight excluding hydrogens is 603 g/mol. The van der Waals surface area contributed by atoms with Crippen LogP contribution in [0.2, 0.25) is 0 Å². The number of benzene rings is 6. The average molecular weight is 636 g/mol. The number of aromatic nitrogens is 5. The molecule has 6 heteroatoms. The third-order valence-corrected chi connectivity index (χ3v) is 10.2. The summed E-state index contributed by atoms with van der Waals surface area (Å²) in [6.45, 7) is 4.61. The van der Waals surface area contributed by atoms with Crippen LogP contribution in [-0.4, -0.2) is 24.1 Å². The van der Waals surface area contributed by atoms with Crippen molar-refractivity contribution in [1.29, 1.82) is 0 Å². The highest BCUT2D eigenvalue weighted by molar-refractivity contribution is 6.02. The van der Waals surface area contributed by atoms with E-state index in [0.717, 1.165) is 38.9 Å². The Morgan fingerprint density at radius 1 is 0.510 bits per heavy atom. The Kier molecular flexibility index (Phi) is 6.33. The van der Waals surface area contributed by atoms with Gasteiger partial charge in [0.1, 0.15) is 0 Å². The minimum absolute atomic E-state index is 0.0424. The molecule has 1 aliphatic rings. The van der Waals surface area contributed by atoms with Crippen molar-refractivity contribution in [2.75, 3.05) is 0 Å². The van der Waals surface area contributed by atoms with Gasteiger partial charge in [-0.3, -0.25) is 9.13 Å². The zero-order valence-corrected chi connectivity index (χ0v) is 27.8. The van der Waals surface area contributed by atoms with Gasteiger partial charge < -0.3 is 0 Å².